The number of aromatic nitrogens is 1. The van der Waals surface area contributed by atoms with Crippen molar-refractivity contribution >= 4 is 17.6 Å². The fraction of sp³-hybridized carbons (Fsp3) is 0. The van der Waals surface area contributed by atoms with Crippen LogP contribution < -0.4 is 0 Å². The standard InChI is InChI=1S/C9H8N2OS/c12-10-7-9-8(3-6-13-9)11-4-1-2-5-11/h1-7,12H/b10-7-. The number of oxime groups is 1. The summed E-state index contributed by atoms with van der Waals surface area (Å²) in [5.74, 6) is 0. The van der Waals surface area contributed by atoms with E-state index in [1.807, 2.05) is 40.5 Å². The number of nitrogens with zero attached hydrogens (tertiary/aromatic N) is 2. The predicted octanol–water partition coefficient (Wildman–Crippen LogP) is 2.35. The lowest BCUT2D eigenvalue weighted by Crippen LogP contribution is -1.90. The van der Waals surface area contributed by atoms with Crippen LogP contribution in [0.15, 0.2) is 41.1 Å². The Balaban J connectivity index is 2.46. The Hall–Kier alpha value is -1.55. The van der Waals surface area contributed by atoms with Gasteiger partial charge in [0.05, 0.1) is 16.8 Å². The van der Waals surface area contributed by atoms with Gasteiger partial charge in [-0.05, 0) is 23.6 Å². The molecule has 66 valence electrons. The van der Waals surface area contributed by atoms with Crippen LogP contribution in [0.25, 0.3) is 5.69 Å². The highest BCUT2D eigenvalue weighted by Gasteiger charge is 2.02. The van der Waals surface area contributed by atoms with Gasteiger partial charge in [0.25, 0.3) is 0 Å². The molecule has 0 aliphatic heterocycles. The molecule has 2 aromatic heterocycles. The van der Waals surface area contributed by atoms with Crippen molar-refractivity contribution in [2.75, 3.05) is 0 Å². The molecule has 0 saturated carbocycles. The summed E-state index contributed by atoms with van der Waals surface area (Å²) < 4.78 is 1.98. The summed E-state index contributed by atoms with van der Waals surface area (Å²) in [7, 11) is 0. The molecule has 0 amide bonds. The van der Waals surface area contributed by atoms with Crippen molar-refractivity contribution < 1.29 is 5.21 Å². The molecule has 1 N–H and O–H groups in total. The van der Waals surface area contributed by atoms with E-state index in [4.69, 9.17) is 5.21 Å². The normalized spacial score (nSPS) is 11.1. The molecule has 0 fully saturated rings. The molecule has 0 aliphatic carbocycles. The van der Waals surface area contributed by atoms with Crippen molar-refractivity contribution in [2.45, 2.75) is 0 Å². The third-order valence-corrected chi connectivity index (χ3v) is 2.57. The summed E-state index contributed by atoms with van der Waals surface area (Å²) in [6, 6.07) is 5.90. The molecule has 0 aliphatic rings. The highest BCUT2D eigenvalue weighted by molar-refractivity contribution is 7.12. The lowest BCUT2D eigenvalue weighted by atomic mass is 10.4. The average Bonchev–Trinajstić information content (AvgIpc) is 2.71. The van der Waals surface area contributed by atoms with Gasteiger partial charge in [0, 0.05) is 12.4 Å². The Morgan fingerprint density at radius 2 is 2.15 bits per heavy atom. The van der Waals surface area contributed by atoms with Gasteiger partial charge in [-0.25, -0.2) is 0 Å². The molecular weight excluding hydrogens is 184 g/mol. The van der Waals surface area contributed by atoms with Crippen molar-refractivity contribution in [3.05, 3.63) is 40.8 Å². The lowest BCUT2D eigenvalue weighted by molar-refractivity contribution is 0.322. The molecule has 2 aromatic rings. The van der Waals surface area contributed by atoms with E-state index in [1.54, 1.807) is 11.3 Å². The maximum atomic E-state index is 8.43. The molecule has 4 heteroatoms. The summed E-state index contributed by atoms with van der Waals surface area (Å²) in [5, 5.41) is 13.4. The van der Waals surface area contributed by atoms with Gasteiger partial charge < -0.3 is 9.77 Å². The molecule has 0 saturated heterocycles. The van der Waals surface area contributed by atoms with Crippen LogP contribution in [0.5, 0.6) is 0 Å². The van der Waals surface area contributed by atoms with Crippen LogP contribution in [0.3, 0.4) is 0 Å². The topological polar surface area (TPSA) is 37.5 Å². The second-order valence-electron chi connectivity index (χ2n) is 2.50. The average molecular weight is 192 g/mol. The van der Waals surface area contributed by atoms with E-state index in [0.717, 1.165) is 10.6 Å². The second kappa shape index (κ2) is 3.45. The van der Waals surface area contributed by atoms with Crippen LogP contribution >= 0.6 is 11.3 Å². The summed E-state index contributed by atoms with van der Waals surface area (Å²) in [6.45, 7) is 0. The first-order valence-corrected chi connectivity index (χ1v) is 4.68. The number of hydrogen-bond donors (Lipinski definition) is 1. The molecule has 0 radical (unpaired) electrons. The molecule has 13 heavy (non-hydrogen) atoms. The first kappa shape index (κ1) is 8.07. The summed E-state index contributed by atoms with van der Waals surface area (Å²) in [4.78, 5) is 0.943. The van der Waals surface area contributed by atoms with E-state index in [2.05, 4.69) is 5.16 Å². The molecule has 0 spiro atoms. The van der Waals surface area contributed by atoms with Crippen molar-refractivity contribution in [1.29, 1.82) is 0 Å². The summed E-state index contributed by atoms with van der Waals surface area (Å²) in [6.07, 6.45) is 5.35. The Labute approximate surface area is 79.6 Å². The molecule has 0 aromatic carbocycles. The molecule has 2 heterocycles. The molecule has 0 unspecified atom stereocenters. The van der Waals surface area contributed by atoms with Gasteiger partial charge in [-0.3, -0.25) is 0 Å². The summed E-state index contributed by atoms with van der Waals surface area (Å²) in [5.41, 5.74) is 1.04. The van der Waals surface area contributed by atoms with E-state index in [1.165, 1.54) is 6.21 Å². The molecule has 3 nitrogen and oxygen atoms in total. The first-order valence-electron chi connectivity index (χ1n) is 3.80. The molecular formula is C9H8N2OS. The monoisotopic (exact) mass is 192 g/mol. The van der Waals surface area contributed by atoms with Gasteiger partial charge in [0.2, 0.25) is 0 Å². The van der Waals surface area contributed by atoms with Crippen LogP contribution in [-0.2, 0) is 0 Å². The number of hydrogen-bond acceptors (Lipinski definition) is 3. The van der Waals surface area contributed by atoms with Gasteiger partial charge in [0.15, 0.2) is 0 Å². The summed E-state index contributed by atoms with van der Waals surface area (Å²) >= 11 is 1.54. The lowest BCUT2D eigenvalue weighted by Gasteiger charge is -1.99. The third kappa shape index (κ3) is 1.48. The van der Waals surface area contributed by atoms with Crippen LogP contribution in [0.1, 0.15) is 4.88 Å². The fourth-order valence-electron chi connectivity index (χ4n) is 1.17. The maximum Gasteiger partial charge on any atom is 0.0854 e. The maximum absolute atomic E-state index is 8.43. The molecule has 0 atom stereocenters. The predicted molar refractivity (Wildman–Crippen MR) is 53.0 cm³/mol. The fourth-order valence-corrected chi connectivity index (χ4v) is 1.92. The Morgan fingerprint density at radius 3 is 2.85 bits per heavy atom. The van der Waals surface area contributed by atoms with Crippen molar-refractivity contribution in [3.63, 3.8) is 0 Å². The number of thiophene rings is 1. The van der Waals surface area contributed by atoms with Gasteiger partial charge in [-0.1, -0.05) is 5.16 Å². The quantitative estimate of drug-likeness (QED) is 0.442. The van der Waals surface area contributed by atoms with Gasteiger partial charge >= 0.3 is 0 Å². The first-order chi connectivity index (χ1) is 6.42. The minimum absolute atomic E-state index is 0.943. The smallest absolute Gasteiger partial charge is 0.0854 e. The highest BCUT2D eigenvalue weighted by Crippen LogP contribution is 2.18. The van der Waals surface area contributed by atoms with Crippen LogP contribution in [0.2, 0.25) is 0 Å². The van der Waals surface area contributed by atoms with Crippen molar-refractivity contribution in [1.82, 2.24) is 4.57 Å². The van der Waals surface area contributed by atoms with Crippen molar-refractivity contribution in [2.24, 2.45) is 5.16 Å². The van der Waals surface area contributed by atoms with Gasteiger partial charge in [0.1, 0.15) is 0 Å². The zero-order valence-corrected chi connectivity index (χ0v) is 7.61. The number of rotatable bonds is 2. The van der Waals surface area contributed by atoms with E-state index in [9.17, 15) is 0 Å². The Kier molecular flexibility index (Phi) is 2.14. The molecule has 2 rings (SSSR count). The second-order valence-corrected chi connectivity index (χ2v) is 3.45. The SMILES string of the molecule is O/N=C\c1sccc1-n1cccc1. The van der Waals surface area contributed by atoms with E-state index >= 15 is 0 Å². The Morgan fingerprint density at radius 1 is 1.38 bits per heavy atom. The highest BCUT2D eigenvalue weighted by atomic mass is 32.1. The van der Waals surface area contributed by atoms with E-state index in [0.29, 0.717) is 0 Å². The largest absolute Gasteiger partial charge is 0.411 e. The zero-order valence-electron chi connectivity index (χ0n) is 6.79. The van der Waals surface area contributed by atoms with E-state index in [-0.39, 0.29) is 0 Å². The van der Waals surface area contributed by atoms with Crippen LogP contribution in [-0.4, -0.2) is 16.0 Å². The van der Waals surface area contributed by atoms with E-state index < -0.39 is 0 Å². The molecule has 0 bridgehead atoms. The minimum Gasteiger partial charge on any atom is -0.411 e. The zero-order chi connectivity index (χ0) is 9.10. The third-order valence-electron chi connectivity index (χ3n) is 1.73. The van der Waals surface area contributed by atoms with Gasteiger partial charge in [-0.15, -0.1) is 11.3 Å². The minimum atomic E-state index is 0.943. The van der Waals surface area contributed by atoms with Crippen LogP contribution in [0.4, 0.5) is 0 Å². The Bertz CT molecular complexity index is 403. The van der Waals surface area contributed by atoms with Gasteiger partial charge in [-0.2, -0.15) is 0 Å². The van der Waals surface area contributed by atoms with Crippen LogP contribution in [0, 0.1) is 0 Å². The van der Waals surface area contributed by atoms with Crippen molar-refractivity contribution in [3.8, 4) is 5.69 Å².